The first-order valence-corrected chi connectivity index (χ1v) is 10.8. The number of methoxy groups -OCH3 is 1. The van der Waals surface area contributed by atoms with Crippen molar-refractivity contribution in [2.45, 2.75) is 39.0 Å². The topological polar surface area (TPSA) is 84.5 Å². The maximum atomic E-state index is 12.6. The van der Waals surface area contributed by atoms with Crippen molar-refractivity contribution in [3.8, 4) is 0 Å². The van der Waals surface area contributed by atoms with Gasteiger partial charge in [-0.3, -0.25) is 9.69 Å². The smallest absolute Gasteiger partial charge is 0.348 e. The van der Waals surface area contributed by atoms with Crippen molar-refractivity contribution >= 4 is 27.5 Å². The van der Waals surface area contributed by atoms with Gasteiger partial charge >= 0.3 is 5.97 Å². The summed E-state index contributed by atoms with van der Waals surface area (Å²) in [6, 6.07) is 10.2. The summed E-state index contributed by atoms with van der Waals surface area (Å²) in [5.41, 5.74) is 1.60. The number of aromatic amines is 1. The molecule has 1 saturated heterocycles. The van der Waals surface area contributed by atoms with E-state index in [1.807, 2.05) is 18.2 Å². The van der Waals surface area contributed by atoms with Crippen molar-refractivity contribution in [2.75, 3.05) is 20.2 Å². The lowest BCUT2D eigenvalue weighted by Gasteiger charge is -2.31. The van der Waals surface area contributed by atoms with E-state index in [2.05, 4.69) is 27.0 Å². The number of nitrogens with zero attached hydrogens (tertiary/aromatic N) is 2. The molecule has 1 aliphatic heterocycles. The molecule has 0 saturated carbocycles. The molecule has 3 heterocycles. The van der Waals surface area contributed by atoms with E-state index in [1.165, 1.54) is 24.0 Å². The lowest BCUT2D eigenvalue weighted by atomic mass is 10.1. The highest BCUT2D eigenvalue weighted by molar-refractivity contribution is 7.20. The molecule has 1 fully saturated rings. The second kappa shape index (κ2) is 9.07. The summed E-state index contributed by atoms with van der Waals surface area (Å²) in [6.07, 6.45) is 2.15. The molecule has 0 bridgehead atoms. The van der Waals surface area contributed by atoms with Crippen molar-refractivity contribution in [1.29, 1.82) is 0 Å². The van der Waals surface area contributed by atoms with Crippen LogP contribution in [0.5, 0.6) is 0 Å². The number of piperidine rings is 1. The van der Waals surface area contributed by atoms with Gasteiger partial charge in [0, 0.05) is 13.1 Å². The number of aromatic nitrogens is 2. The van der Waals surface area contributed by atoms with Crippen LogP contribution < -0.4 is 5.56 Å². The summed E-state index contributed by atoms with van der Waals surface area (Å²) in [7, 11) is 1.34. The van der Waals surface area contributed by atoms with Crippen molar-refractivity contribution in [3.05, 3.63) is 62.5 Å². The van der Waals surface area contributed by atoms with E-state index < -0.39 is 5.97 Å². The lowest BCUT2D eigenvalue weighted by Crippen LogP contribution is -2.37. The fourth-order valence-electron chi connectivity index (χ4n) is 3.78. The minimum absolute atomic E-state index is 0.208. The molecule has 30 heavy (non-hydrogen) atoms. The van der Waals surface area contributed by atoms with Gasteiger partial charge in [0.2, 0.25) is 0 Å². The van der Waals surface area contributed by atoms with Crippen LogP contribution >= 0.6 is 11.3 Å². The summed E-state index contributed by atoms with van der Waals surface area (Å²) in [6.45, 7) is 4.73. The molecule has 1 aromatic carbocycles. The second-order valence-corrected chi connectivity index (χ2v) is 8.51. The van der Waals surface area contributed by atoms with Gasteiger partial charge in [-0.1, -0.05) is 30.3 Å². The van der Waals surface area contributed by atoms with E-state index >= 15 is 0 Å². The van der Waals surface area contributed by atoms with Crippen LogP contribution in [0.4, 0.5) is 0 Å². The standard InChI is InChI=1S/C22H25N3O4S/c1-14-18-20(26)23-17(24-21(18)30-19(14)22(27)28-2)12-25-10-8-16(9-11-25)29-13-15-6-4-3-5-7-15/h3-7,16H,8-13H2,1-2H3,(H,23,24,26). The van der Waals surface area contributed by atoms with Gasteiger partial charge in [0.15, 0.2) is 0 Å². The Bertz CT molecular complexity index is 1080. The highest BCUT2D eigenvalue weighted by Gasteiger charge is 2.23. The van der Waals surface area contributed by atoms with Crippen LogP contribution in [0.1, 0.15) is 39.5 Å². The molecule has 0 amide bonds. The number of aryl methyl sites for hydroxylation is 1. The van der Waals surface area contributed by atoms with Crippen molar-refractivity contribution < 1.29 is 14.3 Å². The van der Waals surface area contributed by atoms with Crippen LogP contribution in [0.25, 0.3) is 10.2 Å². The third kappa shape index (κ3) is 4.45. The molecule has 0 atom stereocenters. The third-order valence-corrected chi connectivity index (χ3v) is 6.62. The Balaban J connectivity index is 1.38. The Morgan fingerprint density at radius 3 is 2.70 bits per heavy atom. The summed E-state index contributed by atoms with van der Waals surface area (Å²) >= 11 is 1.21. The Labute approximate surface area is 178 Å². The monoisotopic (exact) mass is 427 g/mol. The van der Waals surface area contributed by atoms with Gasteiger partial charge in [0.05, 0.1) is 31.8 Å². The van der Waals surface area contributed by atoms with E-state index in [4.69, 9.17) is 9.47 Å². The number of likely N-dealkylation sites (tertiary alicyclic amines) is 1. The molecule has 0 spiro atoms. The molecular formula is C22H25N3O4S. The van der Waals surface area contributed by atoms with E-state index in [9.17, 15) is 9.59 Å². The van der Waals surface area contributed by atoms with Gasteiger partial charge in [-0.25, -0.2) is 9.78 Å². The lowest BCUT2D eigenvalue weighted by molar-refractivity contribution is -0.00436. The Morgan fingerprint density at radius 2 is 2.00 bits per heavy atom. The van der Waals surface area contributed by atoms with Gasteiger partial charge in [0.25, 0.3) is 5.56 Å². The van der Waals surface area contributed by atoms with E-state index in [1.54, 1.807) is 6.92 Å². The zero-order chi connectivity index (χ0) is 21.1. The average Bonchev–Trinajstić information content (AvgIpc) is 3.10. The molecule has 1 N–H and O–H groups in total. The quantitative estimate of drug-likeness (QED) is 0.608. The predicted molar refractivity (Wildman–Crippen MR) is 116 cm³/mol. The number of rotatable bonds is 6. The molecule has 3 aromatic rings. The second-order valence-electron chi connectivity index (χ2n) is 7.51. The number of H-pyrrole nitrogens is 1. The van der Waals surface area contributed by atoms with Gasteiger partial charge in [-0.05, 0) is 30.9 Å². The number of nitrogens with one attached hydrogen (secondary N) is 1. The number of fused-ring (bicyclic) bond motifs is 1. The van der Waals surface area contributed by atoms with Crippen molar-refractivity contribution in [3.63, 3.8) is 0 Å². The zero-order valence-corrected chi connectivity index (χ0v) is 18.0. The first-order valence-electron chi connectivity index (χ1n) is 10.0. The molecule has 2 aromatic heterocycles. The third-order valence-electron chi connectivity index (χ3n) is 5.46. The number of ether oxygens (including phenoxy) is 2. The summed E-state index contributed by atoms with van der Waals surface area (Å²) in [5, 5.41) is 0.470. The number of hydrogen-bond donors (Lipinski definition) is 1. The molecule has 4 rings (SSSR count). The zero-order valence-electron chi connectivity index (χ0n) is 17.1. The number of carbonyl (C=O) groups is 1. The number of esters is 1. The largest absolute Gasteiger partial charge is 0.465 e. The van der Waals surface area contributed by atoms with E-state index in [0.717, 1.165) is 25.9 Å². The molecule has 7 nitrogen and oxygen atoms in total. The number of thiophene rings is 1. The normalized spacial score (nSPS) is 15.5. The fraction of sp³-hybridized carbons (Fsp3) is 0.409. The average molecular weight is 428 g/mol. The van der Waals surface area contributed by atoms with E-state index in [0.29, 0.717) is 39.6 Å². The highest BCUT2D eigenvalue weighted by Crippen LogP contribution is 2.27. The van der Waals surface area contributed by atoms with E-state index in [-0.39, 0.29) is 11.7 Å². The first kappa shape index (κ1) is 20.7. The van der Waals surface area contributed by atoms with Gasteiger partial charge < -0.3 is 14.5 Å². The summed E-state index contributed by atoms with van der Waals surface area (Å²) < 4.78 is 10.9. The van der Waals surface area contributed by atoms with Crippen LogP contribution in [0.3, 0.4) is 0 Å². The molecule has 158 valence electrons. The molecular weight excluding hydrogens is 402 g/mol. The maximum Gasteiger partial charge on any atom is 0.348 e. The summed E-state index contributed by atoms with van der Waals surface area (Å²) in [4.78, 5) is 35.3. The highest BCUT2D eigenvalue weighted by atomic mass is 32.1. The Morgan fingerprint density at radius 1 is 1.27 bits per heavy atom. The van der Waals surface area contributed by atoms with Gasteiger partial charge in [0.1, 0.15) is 15.5 Å². The van der Waals surface area contributed by atoms with Crippen molar-refractivity contribution in [2.24, 2.45) is 0 Å². The Kier molecular flexibility index (Phi) is 6.26. The van der Waals surface area contributed by atoms with Crippen LogP contribution in [0, 0.1) is 6.92 Å². The minimum Gasteiger partial charge on any atom is -0.465 e. The number of carbonyl (C=O) groups excluding carboxylic acids is 1. The van der Waals surface area contributed by atoms with Crippen LogP contribution in [0.15, 0.2) is 35.1 Å². The maximum absolute atomic E-state index is 12.6. The molecule has 1 aliphatic rings. The van der Waals surface area contributed by atoms with Crippen LogP contribution in [-0.4, -0.2) is 47.1 Å². The predicted octanol–water partition coefficient (Wildman–Crippen LogP) is 3.26. The molecule has 0 unspecified atom stereocenters. The minimum atomic E-state index is -0.436. The molecule has 0 radical (unpaired) electrons. The van der Waals surface area contributed by atoms with Crippen LogP contribution in [-0.2, 0) is 22.6 Å². The summed E-state index contributed by atoms with van der Waals surface area (Å²) in [5.74, 6) is 0.183. The van der Waals surface area contributed by atoms with Gasteiger partial charge in [-0.15, -0.1) is 11.3 Å². The van der Waals surface area contributed by atoms with Crippen molar-refractivity contribution in [1.82, 2.24) is 14.9 Å². The van der Waals surface area contributed by atoms with Crippen LogP contribution in [0.2, 0.25) is 0 Å². The first-order chi connectivity index (χ1) is 14.5. The number of benzene rings is 1. The van der Waals surface area contributed by atoms with Gasteiger partial charge in [-0.2, -0.15) is 0 Å². The molecule has 0 aliphatic carbocycles. The Hall–Kier alpha value is -2.55. The fourth-order valence-corrected chi connectivity index (χ4v) is 4.90. The number of hydrogen-bond acceptors (Lipinski definition) is 7. The SMILES string of the molecule is COC(=O)c1sc2nc(CN3CCC(OCc4ccccc4)CC3)[nH]c(=O)c2c1C. The molecule has 8 heteroatoms.